The lowest BCUT2D eigenvalue weighted by Crippen LogP contribution is -2.25. The van der Waals surface area contributed by atoms with Gasteiger partial charge in [0, 0.05) is 19.3 Å². The van der Waals surface area contributed by atoms with E-state index < -0.39 is 0 Å². The maximum atomic E-state index is 5.47. The summed E-state index contributed by atoms with van der Waals surface area (Å²) < 4.78 is 16.2. The summed E-state index contributed by atoms with van der Waals surface area (Å²) in [4.78, 5) is 0. The Kier molecular flexibility index (Phi) is 5.81. The first kappa shape index (κ1) is 12.0. The highest BCUT2D eigenvalue weighted by Crippen LogP contribution is 2.08. The Labute approximate surface area is 91.0 Å². The highest BCUT2D eigenvalue weighted by atomic mass is 16.7. The summed E-state index contributed by atoms with van der Waals surface area (Å²) in [6.07, 6.45) is -0.298. The third-order valence-electron chi connectivity index (χ3n) is 1.76. The van der Waals surface area contributed by atoms with E-state index in [1.165, 1.54) is 0 Å². The molecule has 0 aliphatic rings. The second kappa shape index (κ2) is 7.26. The van der Waals surface area contributed by atoms with Gasteiger partial charge in [0.1, 0.15) is 12.4 Å². The van der Waals surface area contributed by atoms with E-state index in [0.717, 1.165) is 0 Å². The van der Waals surface area contributed by atoms with Crippen LogP contribution in [0.5, 0.6) is 5.75 Å². The first-order valence-electron chi connectivity index (χ1n) is 5.19. The molecule has 83 valence electrons. The minimum absolute atomic E-state index is 0.298. The second-order valence-electron chi connectivity index (χ2n) is 2.88. The first-order valence-corrected chi connectivity index (χ1v) is 5.19. The van der Waals surface area contributed by atoms with Gasteiger partial charge in [-0.25, -0.2) is 0 Å². The van der Waals surface area contributed by atoms with E-state index in [1.54, 1.807) is 0 Å². The molecule has 15 heavy (non-hydrogen) atoms. The number of hydrogen-bond donors (Lipinski definition) is 0. The van der Waals surface area contributed by atoms with Crippen LogP contribution >= 0.6 is 0 Å². The summed E-state index contributed by atoms with van der Waals surface area (Å²) in [6, 6.07) is 10.4. The average molecular weight is 209 g/mol. The van der Waals surface area contributed by atoms with Gasteiger partial charge in [0.2, 0.25) is 0 Å². The number of para-hydroxylation sites is 1. The molecule has 0 N–H and O–H groups in total. The lowest BCUT2D eigenvalue weighted by atomic mass is 10.3. The van der Waals surface area contributed by atoms with Crippen molar-refractivity contribution in [3.8, 4) is 5.75 Å². The molecule has 0 aliphatic heterocycles. The van der Waals surface area contributed by atoms with Crippen molar-refractivity contribution in [1.29, 1.82) is 0 Å². The molecule has 0 aromatic heterocycles. The summed E-state index contributed by atoms with van der Waals surface area (Å²) in [5.41, 5.74) is 0. The molecule has 1 aromatic rings. The van der Waals surface area contributed by atoms with Gasteiger partial charge in [-0.1, -0.05) is 18.2 Å². The highest BCUT2D eigenvalue weighted by Gasteiger charge is 2.08. The summed E-state index contributed by atoms with van der Waals surface area (Å²) >= 11 is 0. The molecule has 0 bridgehead atoms. The van der Waals surface area contributed by atoms with Crippen LogP contribution in [0.1, 0.15) is 13.8 Å². The Morgan fingerprint density at radius 1 is 1.20 bits per heavy atom. The van der Waals surface area contributed by atoms with E-state index in [1.807, 2.05) is 38.1 Å². The van der Waals surface area contributed by atoms with Crippen molar-refractivity contribution in [2.45, 2.75) is 20.1 Å². The summed E-state index contributed by atoms with van der Waals surface area (Å²) in [6.45, 7) is 5.49. The van der Waals surface area contributed by atoms with Gasteiger partial charge in [0.05, 0.1) is 0 Å². The molecule has 0 amide bonds. The molecule has 0 atom stereocenters. The second-order valence-corrected chi connectivity index (χ2v) is 2.88. The predicted octanol–water partition coefficient (Wildman–Crippen LogP) is 2.26. The molecule has 0 saturated carbocycles. The van der Waals surface area contributed by atoms with Gasteiger partial charge < -0.3 is 14.2 Å². The average Bonchev–Trinajstić information content (AvgIpc) is 2.28. The normalized spacial score (nSPS) is 10.6. The molecule has 3 nitrogen and oxygen atoms in total. The van der Waals surface area contributed by atoms with Gasteiger partial charge in [-0.2, -0.15) is 0 Å². The van der Waals surface area contributed by atoms with Crippen LogP contribution in [0.3, 0.4) is 0 Å². The van der Waals surface area contributed by atoms with Crippen LogP contribution in [-0.4, -0.2) is 26.1 Å². The third kappa shape index (κ3) is 4.81. The van der Waals surface area contributed by atoms with E-state index in [2.05, 4.69) is 6.07 Å². The van der Waals surface area contributed by atoms with Crippen molar-refractivity contribution < 1.29 is 14.2 Å². The van der Waals surface area contributed by atoms with E-state index in [9.17, 15) is 0 Å². The quantitative estimate of drug-likeness (QED) is 0.645. The monoisotopic (exact) mass is 209 g/mol. The largest absolute Gasteiger partial charge is 0.488 e. The van der Waals surface area contributed by atoms with Crippen molar-refractivity contribution in [1.82, 2.24) is 0 Å². The molecule has 1 aromatic carbocycles. The van der Waals surface area contributed by atoms with Crippen LogP contribution in [0, 0.1) is 6.07 Å². The molecule has 1 rings (SSSR count). The maximum Gasteiger partial charge on any atom is 0.191 e. The molecule has 0 spiro atoms. The van der Waals surface area contributed by atoms with Crippen LogP contribution in [0.4, 0.5) is 0 Å². The van der Waals surface area contributed by atoms with E-state index >= 15 is 0 Å². The van der Waals surface area contributed by atoms with Crippen LogP contribution in [0.25, 0.3) is 0 Å². The van der Waals surface area contributed by atoms with Gasteiger partial charge in [-0.15, -0.1) is 0 Å². The maximum absolute atomic E-state index is 5.47. The Morgan fingerprint density at radius 3 is 2.47 bits per heavy atom. The molecular weight excluding hydrogens is 192 g/mol. The Hall–Kier alpha value is -1.06. The summed E-state index contributed by atoms with van der Waals surface area (Å²) in [5, 5.41) is 0. The van der Waals surface area contributed by atoms with Crippen molar-refractivity contribution in [2.75, 3.05) is 19.8 Å². The molecule has 1 radical (unpaired) electrons. The molecule has 0 aliphatic carbocycles. The molecule has 0 unspecified atom stereocenters. The van der Waals surface area contributed by atoms with Crippen LogP contribution < -0.4 is 4.74 Å². The number of ether oxygens (including phenoxy) is 3. The Morgan fingerprint density at radius 2 is 1.93 bits per heavy atom. The minimum atomic E-state index is -0.298. The fourth-order valence-corrected chi connectivity index (χ4v) is 1.14. The fraction of sp³-hybridized carbons (Fsp3) is 0.500. The van der Waals surface area contributed by atoms with E-state index in [-0.39, 0.29) is 6.29 Å². The van der Waals surface area contributed by atoms with Crippen LogP contribution in [-0.2, 0) is 9.47 Å². The molecular formula is C12H17O3. The van der Waals surface area contributed by atoms with Crippen molar-refractivity contribution in [2.24, 2.45) is 0 Å². The summed E-state index contributed by atoms with van der Waals surface area (Å²) in [5.74, 6) is 0.710. The lowest BCUT2D eigenvalue weighted by molar-refractivity contribution is -0.152. The van der Waals surface area contributed by atoms with E-state index in [4.69, 9.17) is 14.2 Å². The van der Waals surface area contributed by atoms with Gasteiger partial charge >= 0.3 is 0 Å². The van der Waals surface area contributed by atoms with Gasteiger partial charge in [-0.3, -0.25) is 0 Å². The van der Waals surface area contributed by atoms with Crippen LogP contribution in [0.2, 0.25) is 0 Å². The first-order chi connectivity index (χ1) is 7.36. The minimum Gasteiger partial charge on any atom is -0.488 e. The van der Waals surface area contributed by atoms with Crippen molar-refractivity contribution in [3.63, 3.8) is 0 Å². The van der Waals surface area contributed by atoms with Gasteiger partial charge in [-0.05, 0) is 19.9 Å². The highest BCUT2D eigenvalue weighted by molar-refractivity contribution is 5.19. The lowest BCUT2D eigenvalue weighted by Gasteiger charge is -2.17. The zero-order valence-electron chi connectivity index (χ0n) is 9.23. The van der Waals surface area contributed by atoms with Gasteiger partial charge in [0.15, 0.2) is 6.29 Å². The molecule has 0 saturated heterocycles. The predicted molar refractivity (Wildman–Crippen MR) is 57.8 cm³/mol. The third-order valence-corrected chi connectivity index (χ3v) is 1.76. The number of hydrogen-bond acceptors (Lipinski definition) is 3. The Bertz CT molecular complexity index is 242. The number of benzene rings is 1. The summed E-state index contributed by atoms with van der Waals surface area (Å²) in [7, 11) is 0. The van der Waals surface area contributed by atoms with Crippen molar-refractivity contribution >= 4 is 0 Å². The van der Waals surface area contributed by atoms with E-state index in [0.29, 0.717) is 25.6 Å². The number of rotatable bonds is 7. The van der Waals surface area contributed by atoms with Crippen molar-refractivity contribution in [3.05, 3.63) is 30.3 Å². The molecule has 0 fully saturated rings. The standard InChI is InChI=1S/C12H17O3/c1-3-13-12(14-4-2)10-15-11-8-6-5-7-9-11/h5-8,12H,3-4,10H2,1-2H3. The Balaban J connectivity index is 2.33. The SMILES string of the molecule is CCOC(COc1[c]cccc1)OCC. The zero-order valence-corrected chi connectivity index (χ0v) is 9.23. The zero-order chi connectivity index (χ0) is 10.9. The smallest absolute Gasteiger partial charge is 0.191 e. The molecule has 0 heterocycles. The topological polar surface area (TPSA) is 27.7 Å². The van der Waals surface area contributed by atoms with Gasteiger partial charge in [0.25, 0.3) is 0 Å². The molecule has 3 heteroatoms. The van der Waals surface area contributed by atoms with Crippen LogP contribution in [0.15, 0.2) is 24.3 Å². The fourth-order valence-electron chi connectivity index (χ4n) is 1.14.